The summed E-state index contributed by atoms with van der Waals surface area (Å²) in [5, 5.41) is 6.69. The lowest BCUT2D eigenvalue weighted by Crippen LogP contribution is -2.01. The molecule has 0 fully saturated rings. The third-order valence-corrected chi connectivity index (χ3v) is 2.70. The van der Waals surface area contributed by atoms with Gasteiger partial charge in [-0.3, -0.25) is 15.1 Å². The van der Waals surface area contributed by atoms with Crippen molar-refractivity contribution in [3.63, 3.8) is 0 Å². The number of pyridine rings is 1. The molecular weight excluding hydrogens is 242 g/mol. The van der Waals surface area contributed by atoms with Crippen molar-refractivity contribution in [2.24, 2.45) is 0 Å². The first-order valence-electron chi connectivity index (χ1n) is 5.57. The number of hydrogen-bond acceptors (Lipinski definition) is 6. The lowest BCUT2D eigenvalue weighted by atomic mass is 10.0. The molecule has 0 saturated carbocycles. The molecule has 19 heavy (non-hydrogen) atoms. The summed E-state index contributed by atoms with van der Waals surface area (Å²) in [6, 6.07) is 1.74. The maximum Gasteiger partial charge on any atom is 0.135 e. The van der Waals surface area contributed by atoms with Crippen molar-refractivity contribution in [3.05, 3.63) is 37.1 Å². The minimum atomic E-state index is 0.316. The zero-order valence-corrected chi connectivity index (χ0v) is 9.91. The maximum atomic E-state index is 5.97. The molecule has 0 aromatic carbocycles. The quantitative estimate of drug-likeness (QED) is 0.629. The monoisotopic (exact) mass is 253 g/mol. The van der Waals surface area contributed by atoms with E-state index in [4.69, 9.17) is 11.5 Å². The van der Waals surface area contributed by atoms with Crippen LogP contribution < -0.4 is 11.5 Å². The molecule has 3 aromatic heterocycles. The van der Waals surface area contributed by atoms with Crippen LogP contribution in [0.5, 0.6) is 0 Å². The fraction of sp³-hybridized carbons (Fsp3) is 0. The molecule has 7 nitrogen and oxygen atoms in total. The molecular formula is C12H11N7. The highest BCUT2D eigenvalue weighted by Crippen LogP contribution is 2.34. The predicted octanol–water partition coefficient (Wildman–Crippen LogP) is 1.09. The number of anilines is 2. The minimum Gasteiger partial charge on any atom is -0.384 e. The largest absolute Gasteiger partial charge is 0.384 e. The van der Waals surface area contributed by atoms with E-state index >= 15 is 0 Å². The standard InChI is InChI=1S/C12H11N7/c13-10-3-8(7-4-17-18-5-7)11(12(14)19-10)9-6-15-1-2-16-9/h1-6H,(H,17,18)(H4,13,14,19). The van der Waals surface area contributed by atoms with Crippen molar-refractivity contribution < 1.29 is 0 Å². The van der Waals surface area contributed by atoms with E-state index < -0.39 is 0 Å². The van der Waals surface area contributed by atoms with Crippen LogP contribution in [-0.2, 0) is 0 Å². The molecule has 0 spiro atoms. The number of nitrogens with one attached hydrogen (secondary N) is 1. The molecule has 3 aromatic rings. The van der Waals surface area contributed by atoms with Crippen LogP contribution in [-0.4, -0.2) is 25.1 Å². The molecule has 0 unspecified atom stereocenters. The van der Waals surface area contributed by atoms with Crippen LogP contribution >= 0.6 is 0 Å². The summed E-state index contributed by atoms with van der Waals surface area (Å²) < 4.78 is 0. The lowest BCUT2D eigenvalue weighted by molar-refractivity contribution is 1.09. The van der Waals surface area contributed by atoms with Crippen LogP contribution in [0, 0.1) is 0 Å². The molecule has 0 saturated heterocycles. The van der Waals surface area contributed by atoms with Gasteiger partial charge in [-0.05, 0) is 6.07 Å². The summed E-state index contributed by atoms with van der Waals surface area (Å²) in [5.41, 5.74) is 14.7. The third-order valence-electron chi connectivity index (χ3n) is 2.70. The summed E-state index contributed by atoms with van der Waals surface area (Å²) in [6.45, 7) is 0. The second-order valence-corrected chi connectivity index (χ2v) is 3.93. The molecule has 0 atom stereocenters. The smallest absolute Gasteiger partial charge is 0.135 e. The number of rotatable bonds is 2. The van der Waals surface area contributed by atoms with Gasteiger partial charge in [0.1, 0.15) is 11.6 Å². The van der Waals surface area contributed by atoms with Crippen molar-refractivity contribution >= 4 is 11.6 Å². The SMILES string of the molecule is Nc1cc(-c2cn[nH]c2)c(-c2cnccn2)c(N)n1. The van der Waals surface area contributed by atoms with Crippen molar-refractivity contribution in [2.45, 2.75) is 0 Å². The van der Waals surface area contributed by atoms with Gasteiger partial charge in [-0.15, -0.1) is 0 Å². The van der Waals surface area contributed by atoms with Gasteiger partial charge in [0.05, 0.1) is 23.7 Å². The Kier molecular flexibility index (Phi) is 2.57. The number of aromatic amines is 1. The van der Waals surface area contributed by atoms with Crippen LogP contribution in [0.2, 0.25) is 0 Å². The Morgan fingerprint density at radius 2 is 2.00 bits per heavy atom. The average Bonchev–Trinajstić information content (AvgIpc) is 2.92. The number of nitrogens with two attached hydrogens (primary N) is 2. The second kappa shape index (κ2) is 4.37. The second-order valence-electron chi connectivity index (χ2n) is 3.93. The summed E-state index contributed by atoms with van der Waals surface area (Å²) in [7, 11) is 0. The van der Waals surface area contributed by atoms with Gasteiger partial charge in [0.2, 0.25) is 0 Å². The molecule has 7 heteroatoms. The third kappa shape index (κ3) is 1.97. The van der Waals surface area contributed by atoms with E-state index in [2.05, 4.69) is 25.1 Å². The molecule has 0 aliphatic heterocycles. The van der Waals surface area contributed by atoms with Crippen LogP contribution in [0.25, 0.3) is 22.4 Å². The number of nitrogen functional groups attached to an aromatic ring is 2. The van der Waals surface area contributed by atoms with Crippen LogP contribution in [0.4, 0.5) is 11.6 Å². The summed E-state index contributed by atoms with van der Waals surface area (Å²) >= 11 is 0. The predicted molar refractivity (Wildman–Crippen MR) is 71.7 cm³/mol. The van der Waals surface area contributed by atoms with Crippen molar-refractivity contribution in [1.29, 1.82) is 0 Å². The highest BCUT2D eigenvalue weighted by Gasteiger charge is 2.15. The first-order valence-corrected chi connectivity index (χ1v) is 5.57. The van der Waals surface area contributed by atoms with Crippen molar-refractivity contribution in [1.82, 2.24) is 25.1 Å². The summed E-state index contributed by atoms with van der Waals surface area (Å²) in [6.07, 6.45) is 8.28. The summed E-state index contributed by atoms with van der Waals surface area (Å²) in [5.74, 6) is 0.665. The number of aromatic nitrogens is 5. The first kappa shape index (κ1) is 11.1. The Morgan fingerprint density at radius 3 is 2.68 bits per heavy atom. The topological polar surface area (TPSA) is 119 Å². The average molecular weight is 253 g/mol. The molecule has 94 valence electrons. The van der Waals surface area contributed by atoms with Gasteiger partial charge in [0.25, 0.3) is 0 Å². The van der Waals surface area contributed by atoms with Crippen LogP contribution in [0.1, 0.15) is 0 Å². The van der Waals surface area contributed by atoms with Gasteiger partial charge in [-0.1, -0.05) is 0 Å². The Morgan fingerprint density at radius 1 is 1.11 bits per heavy atom. The van der Waals surface area contributed by atoms with E-state index in [1.54, 1.807) is 37.1 Å². The number of nitrogens with zero attached hydrogens (tertiary/aromatic N) is 4. The van der Waals surface area contributed by atoms with Crippen LogP contribution in [0.3, 0.4) is 0 Å². The minimum absolute atomic E-state index is 0.316. The van der Waals surface area contributed by atoms with E-state index in [-0.39, 0.29) is 0 Å². The maximum absolute atomic E-state index is 5.97. The van der Waals surface area contributed by atoms with E-state index in [1.165, 1.54) is 0 Å². The van der Waals surface area contributed by atoms with Gasteiger partial charge >= 0.3 is 0 Å². The molecule has 5 N–H and O–H groups in total. The van der Waals surface area contributed by atoms with Crippen molar-refractivity contribution in [2.75, 3.05) is 11.5 Å². The van der Waals surface area contributed by atoms with Crippen molar-refractivity contribution in [3.8, 4) is 22.4 Å². The molecule has 0 aliphatic rings. The number of H-pyrrole nitrogens is 1. The Labute approximate surface area is 108 Å². The Hall–Kier alpha value is -2.96. The zero-order chi connectivity index (χ0) is 13.2. The molecule has 0 radical (unpaired) electrons. The molecule has 0 amide bonds. The Balaban J connectivity index is 2.29. The molecule has 3 rings (SSSR count). The highest BCUT2D eigenvalue weighted by atomic mass is 15.1. The first-order chi connectivity index (χ1) is 9.25. The molecule has 3 heterocycles. The highest BCUT2D eigenvalue weighted by molar-refractivity contribution is 5.89. The zero-order valence-electron chi connectivity index (χ0n) is 9.91. The van der Waals surface area contributed by atoms with Gasteiger partial charge in [-0.2, -0.15) is 5.10 Å². The molecule has 0 aliphatic carbocycles. The van der Waals surface area contributed by atoms with E-state index in [1.807, 2.05) is 0 Å². The van der Waals surface area contributed by atoms with E-state index in [0.717, 1.165) is 11.1 Å². The van der Waals surface area contributed by atoms with Crippen LogP contribution in [0.15, 0.2) is 37.1 Å². The molecule has 0 bridgehead atoms. The van der Waals surface area contributed by atoms with Gasteiger partial charge in [0.15, 0.2) is 0 Å². The van der Waals surface area contributed by atoms with Gasteiger partial charge < -0.3 is 11.5 Å². The van der Waals surface area contributed by atoms with E-state index in [9.17, 15) is 0 Å². The number of hydrogen-bond donors (Lipinski definition) is 3. The summed E-state index contributed by atoms with van der Waals surface area (Å²) in [4.78, 5) is 12.4. The fourth-order valence-corrected chi connectivity index (χ4v) is 1.91. The van der Waals surface area contributed by atoms with Gasteiger partial charge in [-0.25, -0.2) is 4.98 Å². The normalized spacial score (nSPS) is 10.5. The van der Waals surface area contributed by atoms with Gasteiger partial charge in [0, 0.05) is 29.7 Å². The Bertz CT molecular complexity index is 692. The lowest BCUT2D eigenvalue weighted by Gasteiger charge is -2.10. The van der Waals surface area contributed by atoms with E-state index in [0.29, 0.717) is 22.9 Å². The fourth-order valence-electron chi connectivity index (χ4n) is 1.91.